The molecular formula is C19H17F5N6O. The molecule has 0 N–H and O–H groups in total. The molecule has 5 rings (SSSR count). The molecule has 164 valence electrons. The summed E-state index contributed by atoms with van der Waals surface area (Å²) in [5.74, 6) is 1.44. The summed E-state index contributed by atoms with van der Waals surface area (Å²) in [5, 5.41) is 3.91. The summed E-state index contributed by atoms with van der Waals surface area (Å²) in [4.78, 5) is 14.3. The fourth-order valence-corrected chi connectivity index (χ4v) is 4.17. The van der Waals surface area contributed by atoms with E-state index in [1.165, 1.54) is 18.3 Å². The molecule has 3 aromatic heterocycles. The van der Waals surface area contributed by atoms with Gasteiger partial charge in [-0.3, -0.25) is 0 Å². The second-order valence-electron chi connectivity index (χ2n) is 7.72. The maximum absolute atomic E-state index is 12.8. The van der Waals surface area contributed by atoms with Crippen molar-refractivity contribution >= 4 is 17.0 Å². The van der Waals surface area contributed by atoms with Crippen molar-refractivity contribution in [1.82, 2.24) is 24.7 Å². The number of halogens is 5. The molecule has 7 nitrogen and oxygen atoms in total. The minimum absolute atomic E-state index is 0.0414. The maximum Gasteiger partial charge on any atom is 0.433 e. The fraction of sp³-hybridized carbons (Fsp3) is 0.474. The first-order valence-electron chi connectivity index (χ1n) is 9.68. The van der Waals surface area contributed by atoms with E-state index in [1.807, 2.05) is 4.90 Å². The molecule has 1 saturated heterocycles. The van der Waals surface area contributed by atoms with Crippen LogP contribution >= 0.6 is 0 Å². The van der Waals surface area contributed by atoms with Gasteiger partial charge in [0.25, 0.3) is 6.43 Å². The zero-order valence-corrected chi connectivity index (χ0v) is 16.0. The number of ether oxygens (including phenoxy) is 1. The van der Waals surface area contributed by atoms with Gasteiger partial charge in [-0.1, -0.05) is 6.07 Å². The van der Waals surface area contributed by atoms with Gasteiger partial charge < -0.3 is 9.64 Å². The standard InChI is InChI=1S/C19H17F5N6O/c20-15(21)8-30-18-13(4-26-30)25-5-16(28-18)29-6-10-11(7-29)12(10)9-31-17-3-1-2-14(27-17)19(22,23)24/h1-5,10-12,15H,6-9H2/t10-,11+,12+. The second-order valence-corrected chi connectivity index (χ2v) is 7.72. The normalized spacial score (nSPS) is 22.9. The highest BCUT2D eigenvalue weighted by molar-refractivity contribution is 5.71. The van der Waals surface area contributed by atoms with Gasteiger partial charge in [0, 0.05) is 25.1 Å². The number of rotatable bonds is 6. The molecule has 0 radical (unpaired) electrons. The van der Waals surface area contributed by atoms with Crippen molar-refractivity contribution in [1.29, 1.82) is 0 Å². The summed E-state index contributed by atoms with van der Waals surface area (Å²) in [7, 11) is 0. The van der Waals surface area contributed by atoms with Crippen molar-refractivity contribution < 1.29 is 26.7 Å². The van der Waals surface area contributed by atoms with E-state index in [2.05, 4.69) is 20.1 Å². The van der Waals surface area contributed by atoms with Gasteiger partial charge in [0.15, 0.2) is 5.65 Å². The zero-order valence-electron chi connectivity index (χ0n) is 16.0. The molecule has 1 aliphatic heterocycles. The minimum atomic E-state index is -4.51. The van der Waals surface area contributed by atoms with E-state index in [0.717, 1.165) is 10.7 Å². The average molecular weight is 440 g/mol. The summed E-state index contributed by atoms with van der Waals surface area (Å²) < 4.78 is 70.3. The van der Waals surface area contributed by atoms with Crippen LogP contribution in [0, 0.1) is 17.8 Å². The van der Waals surface area contributed by atoms with Gasteiger partial charge in [0.1, 0.15) is 23.6 Å². The van der Waals surface area contributed by atoms with Crippen LogP contribution in [0.3, 0.4) is 0 Å². The van der Waals surface area contributed by atoms with Gasteiger partial charge in [0.05, 0.1) is 19.0 Å². The molecule has 0 aromatic carbocycles. The first-order valence-corrected chi connectivity index (χ1v) is 9.68. The maximum atomic E-state index is 12.8. The van der Waals surface area contributed by atoms with Crippen LogP contribution in [-0.4, -0.2) is 50.9 Å². The first-order chi connectivity index (χ1) is 14.8. The van der Waals surface area contributed by atoms with E-state index < -0.39 is 24.8 Å². The lowest BCUT2D eigenvalue weighted by molar-refractivity contribution is -0.141. The van der Waals surface area contributed by atoms with Crippen LogP contribution < -0.4 is 9.64 Å². The molecule has 1 saturated carbocycles. The van der Waals surface area contributed by atoms with Crippen molar-refractivity contribution in [2.24, 2.45) is 17.8 Å². The predicted octanol–water partition coefficient (Wildman–Crippen LogP) is 3.27. The van der Waals surface area contributed by atoms with Crippen molar-refractivity contribution in [2.75, 3.05) is 24.6 Å². The van der Waals surface area contributed by atoms with Crippen LogP contribution in [-0.2, 0) is 12.7 Å². The Bertz CT molecular complexity index is 1090. The number of nitrogens with zero attached hydrogens (tertiary/aromatic N) is 6. The number of hydrogen-bond donors (Lipinski definition) is 0. The van der Waals surface area contributed by atoms with Gasteiger partial charge in [0.2, 0.25) is 5.88 Å². The van der Waals surface area contributed by atoms with Crippen LogP contribution in [0.4, 0.5) is 27.8 Å². The number of fused-ring (bicyclic) bond motifs is 2. The van der Waals surface area contributed by atoms with Crippen molar-refractivity contribution in [3.8, 4) is 5.88 Å². The molecule has 0 bridgehead atoms. The lowest BCUT2D eigenvalue weighted by Crippen LogP contribution is -2.26. The average Bonchev–Trinajstić information content (AvgIpc) is 3.04. The molecule has 4 heterocycles. The van der Waals surface area contributed by atoms with Crippen molar-refractivity contribution in [3.05, 3.63) is 36.3 Å². The van der Waals surface area contributed by atoms with E-state index in [9.17, 15) is 22.0 Å². The summed E-state index contributed by atoms with van der Waals surface area (Å²) in [5.41, 5.74) is -0.213. The number of aromatic nitrogens is 5. The van der Waals surface area contributed by atoms with Crippen LogP contribution in [0.5, 0.6) is 5.88 Å². The lowest BCUT2D eigenvalue weighted by atomic mass is 10.3. The molecule has 3 atom stereocenters. The van der Waals surface area contributed by atoms with Gasteiger partial charge in [-0.05, 0) is 17.9 Å². The number of anilines is 1. The second kappa shape index (κ2) is 7.27. The lowest BCUT2D eigenvalue weighted by Gasteiger charge is -2.20. The Labute approximate surface area is 172 Å². The number of pyridine rings is 1. The molecule has 1 aliphatic carbocycles. The summed E-state index contributed by atoms with van der Waals surface area (Å²) in [6.45, 7) is 1.13. The summed E-state index contributed by atoms with van der Waals surface area (Å²) in [6, 6.07) is 3.59. The fourth-order valence-electron chi connectivity index (χ4n) is 4.17. The monoisotopic (exact) mass is 440 g/mol. The Hall–Kier alpha value is -3.05. The summed E-state index contributed by atoms with van der Waals surface area (Å²) >= 11 is 0. The highest BCUT2D eigenvalue weighted by atomic mass is 19.4. The van der Waals surface area contributed by atoms with Gasteiger partial charge in [-0.25, -0.2) is 28.4 Å². The van der Waals surface area contributed by atoms with Crippen LogP contribution in [0.2, 0.25) is 0 Å². The smallest absolute Gasteiger partial charge is 0.433 e. The highest BCUT2D eigenvalue weighted by Crippen LogP contribution is 2.52. The molecular weight excluding hydrogens is 423 g/mol. The Morgan fingerprint density at radius 2 is 1.87 bits per heavy atom. The Balaban J connectivity index is 1.20. The number of alkyl halides is 5. The number of hydrogen-bond acceptors (Lipinski definition) is 6. The van der Waals surface area contributed by atoms with Crippen LogP contribution in [0.25, 0.3) is 11.2 Å². The molecule has 31 heavy (non-hydrogen) atoms. The van der Waals surface area contributed by atoms with E-state index in [1.54, 1.807) is 6.20 Å². The number of piperidine rings is 1. The van der Waals surface area contributed by atoms with Crippen molar-refractivity contribution in [3.63, 3.8) is 0 Å². The summed E-state index contributed by atoms with van der Waals surface area (Å²) in [6.07, 6.45) is -4.05. The third kappa shape index (κ3) is 3.86. The Morgan fingerprint density at radius 1 is 1.10 bits per heavy atom. The molecule has 0 unspecified atom stereocenters. The van der Waals surface area contributed by atoms with E-state index in [0.29, 0.717) is 48.5 Å². The molecule has 3 aromatic rings. The van der Waals surface area contributed by atoms with E-state index >= 15 is 0 Å². The minimum Gasteiger partial charge on any atom is -0.477 e. The topological polar surface area (TPSA) is 69.0 Å². The van der Waals surface area contributed by atoms with Crippen molar-refractivity contribution in [2.45, 2.75) is 19.1 Å². The molecule has 0 spiro atoms. The van der Waals surface area contributed by atoms with Gasteiger partial charge in [-0.15, -0.1) is 0 Å². The predicted molar refractivity (Wildman–Crippen MR) is 98.7 cm³/mol. The van der Waals surface area contributed by atoms with Crippen LogP contribution in [0.1, 0.15) is 5.69 Å². The van der Waals surface area contributed by atoms with E-state index in [4.69, 9.17) is 4.74 Å². The van der Waals surface area contributed by atoms with Gasteiger partial charge >= 0.3 is 6.18 Å². The quantitative estimate of drug-likeness (QED) is 0.548. The van der Waals surface area contributed by atoms with E-state index in [-0.39, 0.29) is 11.8 Å². The Morgan fingerprint density at radius 3 is 2.58 bits per heavy atom. The molecule has 0 amide bonds. The third-order valence-corrected chi connectivity index (χ3v) is 5.78. The van der Waals surface area contributed by atoms with Gasteiger partial charge in [-0.2, -0.15) is 18.3 Å². The highest BCUT2D eigenvalue weighted by Gasteiger charge is 2.56. The largest absolute Gasteiger partial charge is 0.477 e. The molecule has 2 fully saturated rings. The zero-order chi connectivity index (χ0) is 21.8. The SMILES string of the molecule is FC(F)Cn1ncc2ncc(N3C[C@@H]4[C@@H](COc5cccc(C(F)(F)F)n5)[C@@H]4C3)nc21. The Kier molecular flexibility index (Phi) is 4.67. The molecule has 2 aliphatic rings. The first kappa shape index (κ1) is 19.9. The molecule has 12 heteroatoms. The van der Waals surface area contributed by atoms with Crippen LogP contribution in [0.15, 0.2) is 30.6 Å². The third-order valence-electron chi connectivity index (χ3n) is 5.78.